The number of hydrogen-bond donors (Lipinski definition) is 2. The van der Waals surface area contributed by atoms with Gasteiger partial charge in [0.05, 0.1) is 11.1 Å². The predicted octanol–water partition coefficient (Wildman–Crippen LogP) is 2.64. The van der Waals surface area contributed by atoms with E-state index in [4.69, 9.17) is 5.73 Å². The van der Waals surface area contributed by atoms with Gasteiger partial charge in [-0.05, 0) is 30.7 Å². The van der Waals surface area contributed by atoms with Crippen LogP contribution < -0.4 is 11.1 Å². The van der Waals surface area contributed by atoms with E-state index in [9.17, 15) is 14.0 Å². The molecule has 0 radical (unpaired) electrons. The predicted molar refractivity (Wildman–Crippen MR) is 92.3 cm³/mol. The van der Waals surface area contributed by atoms with Gasteiger partial charge in [0.25, 0.3) is 5.91 Å². The molecule has 0 aliphatic rings. The normalized spacial score (nSPS) is 11.9. The average molecular weight is 337 g/mol. The summed E-state index contributed by atoms with van der Waals surface area (Å²) in [6, 6.07) is 13.4. The fourth-order valence-electron chi connectivity index (χ4n) is 2.69. The van der Waals surface area contributed by atoms with Crippen LogP contribution in [0.1, 0.15) is 27.7 Å². The number of benzene rings is 2. The third-order valence-corrected chi connectivity index (χ3v) is 3.84. The minimum absolute atomic E-state index is 0.310. The van der Waals surface area contributed by atoms with Crippen LogP contribution in [-0.2, 0) is 4.79 Å². The van der Waals surface area contributed by atoms with E-state index in [0.29, 0.717) is 27.7 Å². The van der Waals surface area contributed by atoms with Gasteiger partial charge in [0.2, 0.25) is 5.91 Å². The third kappa shape index (κ3) is 3.47. The van der Waals surface area contributed by atoms with Crippen molar-refractivity contribution in [2.75, 3.05) is 0 Å². The molecule has 3 aromatic rings. The Morgan fingerprint density at radius 2 is 1.84 bits per heavy atom. The molecule has 0 aliphatic carbocycles. The summed E-state index contributed by atoms with van der Waals surface area (Å²) in [5, 5.41) is 3.15. The third-order valence-electron chi connectivity index (χ3n) is 3.84. The molecule has 1 aromatic heterocycles. The molecule has 3 rings (SSSR count). The molecule has 6 heteroatoms. The quantitative estimate of drug-likeness (QED) is 0.767. The smallest absolute Gasteiger partial charge is 0.252 e. The highest BCUT2D eigenvalue weighted by Gasteiger charge is 2.22. The van der Waals surface area contributed by atoms with Crippen LogP contribution in [0, 0.1) is 12.7 Å². The zero-order chi connectivity index (χ0) is 18.0. The van der Waals surface area contributed by atoms with Crippen LogP contribution in [0.4, 0.5) is 4.39 Å². The van der Waals surface area contributed by atoms with Crippen molar-refractivity contribution in [2.24, 2.45) is 5.73 Å². The summed E-state index contributed by atoms with van der Waals surface area (Å²) in [6.07, 6.45) is 0. The van der Waals surface area contributed by atoms with Crippen molar-refractivity contribution in [3.63, 3.8) is 0 Å². The van der Waals surface area contributed by atoms with Crippen LogP contribution in [0.25, 0.3) is 10.9 Å². The number of nitrogens with two attached hydrogens (primary N) is 1. The lowest BCUT2D eigenvalue weighted by Gasteiger charge is -2.17. The van der Waals surface area contributed by atoms with Gasteiger partial charge < -0.3 is 11.1 Å². The van der Waals surface area contributed by atoms with Crippen molar-refractivity contribution in [1.82, 2.24) is 10.3 Å². The number of rotatable bonds is 4. The first kappa shape index (κ1) is 16.6. The van der Waals surface area contributed by atoms with Crippen molar-refractivity contribution >= 4 is 22.7 Å². The first-order valence-electron chi connectivity index (χ1n) is 7.68. The summed E-state index contributed by atoms with van der Waals surface area (Å²) < 4.78 is 13.4. The minimum atomic E-state index is -0.960. The minimum Gasteiger partial charge on any atom is -0.368 e. The van der Waals surface area contributed by atoms with Gasteiger partial charge in [-0.25, -0.2) is 4.39 Å². The highest BCUT2D eigenvalue weighted by Crippen LogP contribution is 2.21. The van der Waals surface area contributed by atoms with Gasteiger partial charge in [-0.3, -0.25) is 14.6 Å². The molecule has 25 heavy (non-hydrogen) atoms. The fraction of sp³-hybridized carbons (Fsp3) is 0.105. The van der Waals surface area contributed by atoms with Crippen molar-refractivity contribution in [3.05, 3.63) is 77.2 Å². The lowest BCUT2D eigenvalue weighted by Crippen LogP contribution is -2.37. The van der Waals surface area contributed by atoms with E-state index in [0.717, 1.165) is 0 Å². The second kappa shape index (κ2) is 6.68. The zero-order valence-electron chi connectivity index (χ0n) is 13.5. The maximum absolute atomic E-state index is 13.4. The molecule has 1 atom stereocenters. The van der Waals surface area contributed by atoms with Gasteiger partial charge in [-0.2, -0.15) is 0 Å². The second-order valence-electron chi connectivity index (χ2n) is 5.69. The Morgan fingerprint density at radius 1 is 1.12 bits per heavy atom. The highest BCUT2D eigenvalue weighted by atomic mass is 19.1. The molecule has 5 nitrogen and oxygen atoms in total. The number of hydrogen-bond acceptors (Lipinski definition) is 3. The topological polar surface area (TPSA) is 85.1 Å². The molecular weight excluding hydrogens is 321 g/mol. The number of carbonyl (C=O) groups is 2. The van der Waals surface area contributed by atoms with E-state index >= 15 is 0 Å². The molecule has 2 aromatic carbocycles. The van der Waals surface area contributed by atoms with Crippen molar-refractivity contribution in [2.45, 2.75) is 13.0 Å². The van der Waals surface area contributed by atoms with Crippen LogP contribution >= 0.6 is 0 Å². The Balaban J connectivity index is 2.00. The van der Waals surface area contributed by atoms with Crippen LogP contribution in [-0.4, -0.2) is 16.8 Å². The Bertz CT molecular complexity index is 952. The van der Waals surface area contributed by atoms with Crippen LogP contribution in [0.2, 0.25) is 0 Å². The number of amides is 2. The van der Waals surface area contributed by atoms with E-state index in [1.54, 1.807) is 43.3 Å². The molecular formula is C19H16FN3O2. The molecule has 0 spiro atoms. The molecule has 126 valence electrons. The lowest BCUT2D eigenvalue weighted by molar-refractivity contribution is -0.120. The van der Waals surface area contributed by atoms with Gasteiger partial charge in [0.1, 0.15) is 11.9 Å². The number of halogens is 1. The van der Waals surface area contributed by atoms with Crippen molar-refractivity contribution in [1.29, 1.82) is 0 Å². The summed E-state index contributed by atoms with van der Waals surface area (Å²) in [5.74, 6) is -1.58. The Hall–Kier alpha value is -3.28. The van der Waals surface area contributed by atoms with E-state index in [1.807, 2.05) is 0 Å². The van der Waals surface area contributed by atoms with Gasteiger partial charge >= 0.3 is 0 Å². The van der Waals surface area contributed by atoms with E-state index in [2.05, 4.69) is 10.3 Å². The number of carbonyl (C=O) groups excluding carboxylic acids is 2. The Morgan fingerprint density at radius 3 is 2.52 bits per heavy atom. The van der Waals surface area contributed by atoms with Gasteiger partial charge in [0.15, 0.2) is 0 Å². The van der Waals surface area contributed by atoms with E-state index in [1.165, 1.54) is 18.2 Å². The average Bonchev–Trinajstić information content (AvgIpc) is 2.58. The molecule has 2 amide bonds. The van der Waals surface area contributed by atoms with Crippen molar-refractivity contribution < 1.29 is 14.0 Å². The molecule has 0 aliphatic heterocycles. The zero-order valence-corrected chi connectivity index (χ0v) is 13.5. The Labute approximate surface area is 143 Å². The van der Waals surface area contributed by atoms with Crippen LogP contribution in [0.5, 0.6) is 0 Å². The molecule has 0 bridgehead atoms. The summed E-state index contributed by atoms with van der Waals surface area (Å²) in [6.45, 7) is 1.71. The summed E-state index contributed by atoms with van der Waals surface area (Å²) in [7, 11) is 0. The monoisotopic (exact) mass is 337 g/mol. The number of aryl methyl sites for hydroxylation is 1. The fourth-order valence-corrected chi connectivity index (χ4v) is 2.69. The maximum atomic E-state index is 13.4. The summed E-state index contributed by atoms with van der Waals surface area (Å²) in [5.41, 5.74) is 7.28. The van der Waals surface area contributed by atoms with Crippen LogP contribution in [0.15, 0.2) is 54.6 Å². The highest BCUT2D eigenvalue weighted by molar-refractivity contribution is 6.07. The number of fused-ring (bicyclic) bond motifs is 1. The van der Waals surface area contributed by atoms with Crippen molar-refractivity contribution in [3.8, 4) is 0 Å². The first-order valence-corrected chi connectivity index (χ1v) is 7.68. The molecule has 0 saturated heterocycles. The van der Waals surface area contributed by atoms with Gasteiger partial charge in [-0.1, -0.05) is 30.3 Å². The standard InChI is InChI=1S/C19H16FN3O2/c1-11-9-15(14-8-7-13(20)10-16(14)22-11)19(25)23-17(18(21)24)12-5-3-2-4-6-12/h2-10,17H,1H3,(H2,21,24)(H,23,25)/t17-/m1/s1. The number of aromatic nitrogens is 1. The molecule has 0 saturated carbocycles. The molecule has 1 heterocycles. The molecule has 0 fully saturated rings. The number of pyridine rings is 1. The largest absolute Gasteiger partial charge is 0.368 e. The lowest BCUT2D eigenvalue weighted by atomic mass is 10.0. The summed E-state index contributed by atoms with van der Waals surface area (Å²) >= 11 is 0. The van der Waals surface area contributed by atoms with E-state index in [-0.39, 0.29) is 0 Å². The SMILES string of the molecule is Cc1cc(C(=O)N[C@@H](C(N)=O)c2ccccc2)c2ccc(F)cc2n1. The molecule has 3 N–H and O–H groups in total. The Kier molecular flexibility index (Phi) is 4.43. The number of primary amides is 1. The second-order valence-corrected chi connectivity index (χ2v) is 5.69. The maximum Gasteiger partial charge on any atom is 0.252 e. The first-order chi connectivity index (χ1) is 12.0. The summed E-state index contributed by atoms with van der Waals surface area (Å²) in [4.78, 5) is 28.8. The van der Waals surface area contributed by atoms with Gasteiger partial charge in [-0.15, -0.1) is 0 Å². The number of nitrogens with one attached hydrogen (secondary N) is 1. The number of nitrogens with zero attached hydrogens (tertiary/aromatic N) is 1. The molecule has 0 unspecified atom stereocenters. The van der Waals surface area contributed by atoms with Crippen LogP contribution in [0.3, 0.4) is 0 Å². The van der Waals surface area contributed by atoms with Gasteiger partial charge in [0, 0.05) is 17.1 Å². The van der Waals surface area contributed by atoms with E-state index < -0.39 is 23.7 Å².